The maximum absolute atomic E-state index is 12.6. The third-order valence-corrected chi connectivity index (χ3v) is 2.86. The second-order valence-corrected chi connectivity index (χ2v) is 4.64. The lowest BCUT2D eigenvalue weighted by Crippen LogP contribution is -2.41. The third-order valence-electron chi connectivity index (χ3n) is 2.86. The average molecular weight is 315 g/mol. The van der Waals surface area contributed by atoms with Crippen molar-refractivity contribution in [2.45, 2.75) is 32.0 Å². The second kappa shape index (κ2) is 7.63. The van der Waals surface area contributed by atoms with Crippen LogP contribution < -0.4 is 5.32 Å². The fraction of sp³-hybridized carbons (Fsp3) is 0.333. The van der Waals surface area contributed by atoms with Gasteiger partial charge in [-0.2, -0.15) is 13.2 Å². The van der Waals surface area contributed by atoms with Crippen molar-refractivity contribution in [3.8, 4) is 0 Å². The van der Waals surface area contributed by atoms with Crippen LogP contribution in [-0.2, 0) is 22.2 Å². The monoisotopic (exact) mass is 315 g/mol. The smallest absolute Gasteiger partial charge is 0.416 e. The van der Waals surface area contributed by atoms with E-state index < -0.39 is 29.7 Å². The maximum Gasteiger partial charge on any atom is 0.416 e. The molecule has 1 aromatic carbocycles. The number of rotatable bonds is 6. The fourth-order valence-corrected chi connectivity index (χ4v) is 1.78. The van der Waals surface area contributed by atoms with Crippen LogP contribution in [0.1, 0.15) is 24.5 Å². The number of alkyl halides is 3. The van der Waals surface area contributed by atoms with Gasteiger partial charge in [-0.1, -0.05) is 30.4 Å². The van der Waals surface area contributed by atoms with E-state index >= 15 is 0 Å². The van der Waals surface area contributed by atoms with Gasteiger partial charge in [0.25, 0.3) is 0 Å². The van der Waals surface area contributed by atoms with Gasteiger partial charge in [0.2, 0.25) is 5.91 Å². The summed E-state index contributed by atoms with van der Waals surface area (Å²) in [6.07, 6.45) is -1.45. The summed E-state index contributed by atoms with van der Waals surface area (Å²) in [5, 5.41) is 11.3. The Hall–Kier alpha value is -2.31. The topological polar surface area (TPSA) is 66.4 Å². The minimum absolute atomic E-state index is 0.111. The minimum atomic E-state index is -4.48. The van der Waals surface area contributed by atoms with E-state index in [1.165, 1.54) is 12.1 Å². The number of nitrogens with one attached hydrogen (secondary N) is 1. The molecule has 1 amide bonds. The van der Waals surface area contributed by atoms with Crippen LogP contribution in [0.25, 0.3) is 0 Å². The summed E-state index contributed by atoms with van der Waals surface area (Å²) >= 11 is 0. The molecular formula is C15H16F3NO3. The number of aliphatic carboxylic acids is 1. The number of benzene rings is 1. The first-order valence-electron chi connectivity index (χ1n) is 6.53. The third kappa shape index (κ3) is 5.59. The van der Waals surface area contributed by atoms with Gasteiger partial charge in [-0.3, -0.25) is 4.79 Å². The molecule has 0 radical (unpaired) electrons. The summed E-state index contributed by atoms with van der Waals surface area (Å²) in [5.74, 6) is -1.84. The van der Waals surface area contributed by atoms with Crippen molar-refractivity contribution < 1.29 is 27.9 Å². The molecule has 0 saturated heterocycles. The Balaban J connectivity index is 2.74. The first-order chi connectivity index (χ1) is 10.2. The Labute approximate surface area is 125 Å². The largest absolute Gasteiger partial charge is 0.480 e. The molecule has 0 aromatic heterocycles. The predicted octanol–water partition coefficient (Wildman–Crippen LogP) is 2.78. The van der Waals surface area contributed by atoms with Crippen molar-refractivity contribution in [3.05, 3.63) is 47.5 Å². The van der Waals surface area contributed by atoms with Crippen LogP contribution in [-0.4, -0.2) is 23.0 Å². The molecule has 0 heterocycles. The summed E-state index contributed by atoms with van der Waals surface area (Å²) < 4.78 is 37.7. The standard InChI is InChI=1S/C15H16F3NO3/c1-2-3-7-12(14(21)22)19-13(20)9-10-5-4-6-11(8-10)15(16,17)18/h2-6,8,12H,7,9H2,1H3,(H,19,20)(H,21,22)/b3-2+. The van der Waals surface area contributed by atoms with Crippen LogP contribution in [0.2, 0.25) is 0 Å². The zero-order valence-electron chi connectivity index (χ0n) is 11.9. The summed E-state index contributed by atoms with van der Waals surface area (Å²) in [5.41, 5.74) is -0.677. The van der Waals surface area contributed by atoms with Gasteiger partial charge in [-0.05, 0) is 25.0 Å². The average Bonchev–Trinajstić information content (AvgIpc) is 2.42. The molecule has 2 N–H and O–H groups in total. The first kappa shape index (κ1) is 17.7. The molecule has 0 spiro atoms. The molecule has 1 atom stereocenters. The summed E-state index contributed by atoms with van der Waals surface area (Å²) in [6, 6.07) is 3.28. The molecule has 4 nitrogen and oxygen atoms in total. The maximum atomic E-state index is 12.6. The Morgan fingerprint density at radius 1 is 1.36 bits per heavy atom. The Bertz CT molecular complexity index is 567. The molecule has 0 aliphatic heterocycles. The van der Waals surface area contributed by atoms with E-state index in [0.29, 0.717) is 0 Å². The highest BCUT2D eigenvalue weighted by Crippen LogP contribution is 2.29. The predicted molar refractivity (Wildman–Crippen MR) is 74.1 cm³/mol. The zero-order valence-corrected chi connectivity index (χ0v) is 11.9. The van der Waals surface area contributed by atoms with E-state index in [0.717, 1.165) is 12.1 Å². The van der Waals surface area contributed by atoms with Gasteiger partial charge in [-0.15, -0.1) is 0 Å². The number of allylic oxidation sites excluding steroid dienone is 1. The molecule has 22 heavy (non-hydrogen) atoms. The molecular weight excluding hydrogens is 299 g/mol. The Morgan fingerprint density at radius 2 is 2.05 bits per heavy atom. The highest BCUT2D eigenvalue weighted by atomic mass is 19.4. The van der Waals surface area contributed by atoms with Crippen molar-refractivity contribution in [2.75, 3.05) is 0 Å². The van der Waals surface area contributed by atoms with Gasteiger partial charge >= 0.3 is 12.1 Å². The lowest BCUT2D eigenvalue weighted by Gasteiger charge is -2.13. The van der Waals surface area contributed by atoms with E-state index in [4.69, 9.17) is 5.11 Å². The van der Waals surface area contributed by atoms with Crippen molar-refractivity contribution in [1.29, 1.82) is 0 Å². The lowest BCUT2D eigenvalue weighted by atomic mass is 10.1. The molecule has 7 heteroatoms. The minimum Gasteiger partial charge on any atom is -0.480 e. The van der Waals surface area contributed by atoms with E-state index in [1.54, 1.807) is 19.1 Å². The van der Waals surface area contributed by atoms with Gasteiger partial charge in [0, 0.05) is 0 Å². The number of carboxylic acids is 1. The van der Waals surface area contributed by atoms with E-state index in [1.807, 2.05) is 0 Å². The number of carboxylic acid groups (broad SMARTS) is 1. The van der Waals surface area contributed by atoms with Gasteiger partial charge in [0.1, 0.15) is 6.04 Å². The highest BCUT2D eigenvalue weighted by Gasteiger charge is 2.30. The highest BCUT2D eigenvalue weighted by molar-refractivity contribution is 5.85. The van der Waals surface area contributed by atoms with Crippen LogP contribution in [0.3, 0.4) is 0 Å². The first-order valence-corrected chi connectivity index (χ1v) is 6.53. The van der Waals surface area contributed by atoms with Crippen molar-refractivity contribution >= 4 is 11.9 Å². The number of hydrogen-bond acceptors (Lipinski definition) is 2. The van der Waals surface area contributed by atoms with E-state index in [9.17, 15) is 22.8 Å². The molecule has 1 unspecified atom stereocenters. The van der Waals surface area contributed by atoms with Gasteiger partial charge in [-0.25, -0.2) is 4.79 Å². The van der Waals surface area contributed by atoms with Crippen LogP contribution >= 0.6 is 0 Å². The molecule has 120 valence electrons. The zero-order chi connectivity index (χ0) is 16.8. The van der Waals surface area contributed by atoms with Crippen LogP contribution in [0, 0.1) is 0 Å². The van der Waals surface area contributed by atoms with Crippen LogP contribution in [0.4, 0.5) is 13.2 Å². The summed E-state index contributed by atoms with van der Waals surface area (Å²) in [6.45, 7) is 1.71. The molecule has 0 aliphatic rings. The van der Waals surface area contributed by atoms with Gasteiger partial charge < -0.3 is 10.4 Å². The van der Waals surface area contributed by atoms with Crippen molar-refractivity contribution in [3.63, 3.8) is 0 Å². The quantitative estimate of drug-likeness (QED) is 0.793. The lowest BCUT2D eigenvalue weighted by molar-refractivity contribution is -0.141. The van der Waals surface area contributed by atoms with Gasteiger partial charge in [0.15, 0.2) is 0 Å². The number of carbonyl (C=O) groups excluding carboxylic acids is 1. The molecule has 0 aliphatic carbocycles. The summed E-state index contributed by atoms with van der Waals surface area (Å²) in [7, 11) is 0. The van der Waals surface area contributed by atoms with Crippen LogP contribution in [0.15, 0.2) is 36.4 Å². The molecule has 1 aromatic rings. The molecule has 0 bridgehead atoms. The fourth-order valence-electron chi connectivity index (χ4n) is 1.78. The molecule has 0 fully saturated rings. The molecule has 1 rings (SSSR count). The van der Waals surface area contributed by atoms with E-state index in [2.05, 4.69) is 5.32 Å². The van der Waals surface area contributed by atoms with Crippen LogP contribution in [0.5, 0.6) is 0 Å². The van der Waals surface area contributed by atoms with E-state index in [-0.39, 0.29) is 18.4 Å². The SMILES string of the molecule is C/C=C/CC(NC(=O)Cc1cccc(C(F)(F)F)c1)C(=O)O. The van der Waals surface area contributed by atoms with Gasteiger partial charge in [0.05, 0.1) is 12.0 Å². The Morgan fingerprint density at radius 3 is 2.59 bits per heavy atom. The number of halogens is 3. The summed E-state index contributed by atoms with van der Waals surface area (Å²) in [4.78, 5) is 22.8. The number of carbonyl (C=O) groups is 2. The second-order valence-electron chi connectivity index (χ2n) is 4.64. The number of amides is 1. The normalized spacial score (nSPS) is 13.1. The van der Waals surface area contributed by atoms with Crippen molar-refractivity contribution in [2.24, 2.45) is 0 Å². The van der Waals surface area contributed by atoms with Crippen molar-refractivity contribution in [1.82, 2.24) is 5.32 Å². The molecule has 0 saturated carbocycles. The number of hydrogen-bond donors (Lipinski definition) is 2. The Kier molecular flexibility index (Phi) is 6.15.